The van der Waals surface area contributed by atoms with E-state index in [4.69, 9.17) is 10.5 Å². The molecule has 2 N–H and O–H groups in total. The van der Waals surface area contributed by atoms with E-state index in [0.717, 1.165) is 18.0 Å². The first kappa shape index (κ1) is 11.9. The van der Waals surface area contributed by atoms with Crippen LogP contribution in [0.25, 0.3) is 0 Å². The number of aryl methyl sites for hydroxylation is 1. The maximum atomic E-state index is 5.86. The molecule has 1 rings (SSSR count). The lowest BCUT2D eigenvalue weighted by Crippen LogP contribution is -2.09. The van der Waals surface area contributed by atoms with Crippen molar-refractivity contribution in [1.82, 2.24) is 0 Å². The normalized spacial score (nSPS) is 12.5. The van der Waals surface area contributed by atoms with Gasteiger partial charge >= 0.3 is 0 Å². The van der Waals surface area contributed by atoms with Gasteiger partial charge in [0.25, 0.3) is 0 Å². The maximum Gasteiger partial charge on any atom is 0.142 e. The van der Waals surface area contributed by atoms with Crippen molar-refractivity contribution in [1.29, 1.82) is 0 Å². The predicted octanol–water partition coefficient (Wildman–Crippen LogP) is 3.39. The summed E-state index contributed by atoms with van der Waals surface area (Å²) < 4.78 is 5.68. The van der Waals surface area contributed by atoms with E-state index in [1.165, 1.54) is 18.4 Å². The second kappa shape index (κ2) is 5.64. The molecule has 1 aromatic carbocycles. The Kier molecular flexibility index (Phi) is 4.47. The summed E-state index contributed by atoms with van der Waals surface area (Å²) in [5.74, 6) is 1.40. The summed E-state index contributed by atoms with van der Waals surface area (Å²) in [6.45, 7) is 7.17. The van der Waals surface area contributed by atoms with E-state index < -0.39 is 0 Å². The summed E-state index contributed by atoms with van der Waals surface area (Å²) in [6.07, 6.45) is 2.40. The zero-order chi connectivity index (χ0) is 11.3. The minimum absolute atomic E-state index is 0.593. The van der Waals surface area contributed by atoms with E-state index >= 15 is 0 Å². The first-order valence-corrected chi connectivity index (χ1v) is 5.62. The third-order valence-corrected chi connectivity index (χ3v) is 2.47. The van der Waals surface area contributed by atoms with Crippen LogP contribution in [0.3, 0.4) is 0 Å². The zero-order valence-electron chi connectivity index (χ0n) is 9.92. The van der Waals surface area contributed by atoms with Gasteiger partial charge in [0.1, 0.15) is 5.75 Å². The fraction of sp³-hybridized carbons (Fsp3) is 0.538. The Bertz CT molecular complexity index is 309. The lowest BCUT2D eigenvalue weighted by molar-refractivity contribution is 0.253. The molecule has 0 saturated carbocycles. The van der Waals surface area contributed by atoms with Crippen LogP contribution >= 0.6 is 0 Å². The molecule has 0 spiro atoms. The van der Waals surface area contributed by atoms with Crippen molar-refractivity contribution in [3.63, 3.8) is 0 Å². The Morgan fingerprint density at radius 2 is 2.13 bits per heavy atom. The summed E-state index contributed by atoms with van der Waals surface area (Å²) in [7, 11) is 0. The summed E-state index contributed by atoms with van der Waals surface area (Å²) in [6, 6.07) is 5.92. The molecule has 2 heteroatoms. The van der Waals surface area contributed by atoms with Crippen LogP contribution in [0, 0.1) is 12.8 Å². The summed E-state index contributed by atoms with van der Waals surface area (Å²) in [4.78, 5) is 0. The number of ether oxygens (including phenoxy) is 1. The minimum Gasteiger partial charge on any atom is -0.491 e. The van der Waals surface area contributed by atoms with Gasteiger partial charge in [-0.1, -0.05) is 26.3 Å². The summed E-state index contributed by atoms with van der Waals surface area (Å²) in [5, 5.41) is 0. The van der Waals surface area contributed by atoms with Crippen LogP contribution < -0.4 is 10.5 Å². The molecule has 0 amide bonds. The number of rotatable bonds is 5. The molecule has 0 aromatic heterocycles. The van der Waals surface area contributed by atoms with Crippen LogP contribution in [-0.4, -0.2) is 6.61 Å². The fourth-order valence-electron chi connectivity index (χ4n) is 1.61. The average Bonchev–Trinajstić information content (AvgIpc) is 2.17. The molecule has 1 aromatic rings. The molecule has 0 aliphatic rings. The third kappa shape index (κ3) is 3.82. The second-order valence-electron chi connectivity index (χ2n) is 4.25. The number of nitrogens with two attached hydrogens (primary N) is 1. The van der Waals surface area contributed by atoms with Gasteiger partial charge < -0.3 is 10.5 Å². The third-order valence-electron chi connectivity index (χ3n) is 2.47. The Balaban J connectivity index is 2.50. The highest BCUT2D eigenvalue weighted by Crippen LogP contribution is 2.23. The zero-order valence-corrected chi connectivity index (χ0v) is 9.92. The Morgan fingerprint density at radius 3 is 2.73 bits per heavy atom. The van der Waals surface area contributed by atoms with Crippen molar-refractivity contribution in [3.05, 3.63) is 23.8 Å². The quantitative estimate of drug-likeness (QED) is 0.751. The van der Waals surface area contributed by atoms with Crippen molar-refractivity contribution < 1.29 is 4.74 Å². The van der Waals surface area contributed by atoms with Gasteiger partial charge in [-0.2, -0.15) is 0 Å². The van der Waals surface area contributed by atoms with Gasteiger partial charge in [-0.15, -0.1) is 0 Å². The first-order valence-electron chi connectivity index (χ1n) is 5.62. The van der Waals surface area contributed by atoms with Crippen LogP contribution in [0.15, 0.2) is 18.2 Å². The van der Waals surface area contributed by atoms with Crippen LogP contribution in [0.5, 0.6) is 5.75 Å². The van der Waals surface area contributed by atoms with E-state index in [1.54, 1.807) is 0 Å². The topological polar surface area (TPSA) is 35.2 Å². The van der Waals surface area contributed by atoms with Gasteiger partial charge in [-0.05, 0) is 37.0 Å². The molecular formula is C13H21NO. The number of anilines is 1. The monoisotopic (exact) mass is 207 g/mol. The van der Waals surface area contributed by atoms with Gasteiger partial charge in [0.05, 0.1) is 12.3 Å². The fourth-order valence-corrected chi connectivity index (χ4v) is 1.61. The molecule has 0 aliphatic carbocycles. The second-order valence-corrected chi connectivity index (χ2v) is 4.25. The van der Waals surface area contributed by atoms with Crippen LogP contribution in [0.1, 0.15) is 32.3 Å². The average molecular weight is 207 g/mol. The summed E-state index contributed by atoms with van der Waals surface area (Å²) in [5.41, 5.74) is 7.76. The molecular weight excluding hydrogens is 186 g/mol. The Labute approximate surface area is 92.4 Å². The molecule has 1 atom stereocenters. The van der Waals surface area contributed by atoms with Crippen LogP contribution in [-0.2, 0) is 0 Å². The predicted molar refractivity (Wildman–Crippen MR) is 65.2 cm³/mol. The molecule has 0 radical (unpaired) electrons. The van der Waals surface area contributed by atoms with Crippen molar-refractivity contribution in [2.75, 3.05) is 12.3 Å². The van der Waals surface area contributed by atoms with E-state index in [9.17, 15) is 0 Å². The Morgan fingerprint density at radius 1 is 1.40 bits per heavy atom. The Hall–Kier alpha value is -1.18. The van der Waals surface area contributed by atoms with Crippen molar-refractivity contribution >= 4 is 5.69 Å². The van der Waals surface area contributed by atoms with Gasteiger partial charge in [-0.25, -0.2) is 0 Å². The smallest absolute Gasteiger partial charge is 0.142 e. The van der Waals surface area contributed by atoms with E-state index in [0.29, 0.717) is 5.92 Å². The lowest BCUT2D eigenvalue weighted by atomic mass is 10.1. The van der Waals surface area contributed by atoms with Crippen molar-refractivity contribution in [3.8, 4) is 5.75 Å². The molecule has 0 heterocycles. The molecule has 0 aliphatic heterocycles. The molecule has 0 fully saturated rings. The van der Waals surface area contributed by atoms with Gasteiger partial charge in [-0.3, -0.25) is 0 Å². The maximum absolute atomic E-state index is 5.86. The van der Waals surface area contributed by atoms with Crippen LogP contribution in [0.2, 0.25) is 0 Å². The molecule has 15 heavy (non-hydrogen) atoms. The van der Waals surface area contributed by atoms with Gasteiger partial charge in [0, 0.05) is 0 Å². The SMILES string of the molecule is CCCC(C)COc1ccc(C)cc1N. The number of benzene rings is 1. The van der Waals surface area contributed by atoms with Gasteiger partial charge in [0.15, 0.2) is 0 Å². The molecule has 1 unspecified atom stereocenters. The molecule has 0 saturated heterocycles. The highest BCUT2D eigenvalue weighted by molar-refractivity contribution is 5.53. The largest absolute Gasteiger partial charge is 0.491 e. The number of hydrogen-bond donors (Lipinski definition) is 1. The minimum atomic E-state index is 0.593. The number of hydrogen-bond acceptors (Lipinski definition) is 2. The van der Waals surface area contributed by atoms with Gasteiger partial charge in [0.2, 0.25) is 0 Å². The van der Waals surface area contributed by atoms with E-state index in [-0.39, 0.29) is 0 Å². The van der Waals surface area contributed by atoms with Crippen molar-refractivity contribution in [2.45, 2.75) is 33.6 Å². The first-order chi connectivity index (χ1) is 7.13. The van der Waals surface area contributed by atoms with E-state index in [1.807, 2.05) is 25.1 Å². The molecule has 84 valence electrons. The van der Waals surface area contributed by atoms with E-state index in [2.05, 4.69) is 13.8 Å². The molecule has 2 nitrogen and oxygen atoms in total. The van der Waals surface area contributed by atoms with Crippen LogP contribution in [0.4, 0.5) is 5.69 Å². The molecule has 0 bridgehead atoms. The number of nitrogen functional groups attached to an aromatic ring is 1. The van der Waals surface area contributed by atoms with Crippen molar-refractivity contribution in [2.24, 2.45) is 5.92 Å². The summed E-state index contributed by atoms with van der Waals surface area (Å²) >= 11 is 0. The lowest BCUT2D eigenvalue weighted by Gasteiger charge is -2.13. The standard InChI is InChI=1S/C13H21NO/c1-4-5-11(3)9-15-13-7-6-10(2)8-12(13)14/h6-8,11H,4-5,9,14H2,1-3H3. The highest BCUT2D eigenvalue weighted by Gasteiger charge is 2.04. The highest BCUT2D eigenvalue weighted by atomic mass is 16.5.